The molecule has 0 aliphatic heterocycles. The Balaban J connectivity index is 4.58. The lowest BCUT2D eigenvalue weighted by Crippen LogP contribution is -2.54. The van der Waals surface area contributed by atoms with E-state index in [0.29, 0.717) is 0 Å². The van der Waals surface area contributed by atoms with Crippen LogP contribution in [0.2, 0.25) is 6.04 Å². The van der Waals surface area contributed by atoms with E-state index in [-0.39, 0.29) is 6.61 Å². The molecule has 0 aliphatic carbocycles. The number of aliphatic hydroxyl groups is 1. The lowest BCUT2D eigenvalue weighted by Gasteiger charge is -2.38. The molecule has 0 bridgehead atoms. The molecule has 6 heteroatoms. The van der Waals surface area contributed by atoms with Crippen molar-refractivity contribution in [3.8, 4) is 0 Å². The first-order chi connectivity index (χ1) is 8.57. The van der Waals surface area contributed by atoms with Crippen molar-refractivity contribution < 1.29 is 22.9 Å². The van der Waals surface area contributed by atoms with Crippen molar-refractivity contribution in [2.45, 2.75) is 26.3 Å². The molecule has 0 heterocycles. The number of hydrogen-bond donors (Lipinski definition) is 1. The highest BCUT2D eigenvalue weighted by Crippen LogP contribution is 2.18. The molecule has 0 unspecified atom stereocenters. The van der Waals surface area contributed by atoms with Gasteiger partial charge in [-0.05, 0) is 13.8 Å². The molecule has 0 aromatic heterocycles. The van der Waals surface area contributed by atoms with E-state index in [2.05, 4.69) is 13.8 Å². The van der Waals surface area contributed by atoms with Gasteiger partial charge in [-0.3, -0.25) is 0 Å². The second kappa shape index (κ2) is 9.01. The maximum absolute atomic E-state index is 9.01. The molecule has 0 radical (unpaired) electrons. The van der Waals surface area contributed by atoms with E-state index in [1.54, 1.807) is 21.3 Å². The Morgan fingerprint density at radius 1 is 0.944 bits per heavy atom. The van der Waals surface area contributed by atoms with E-state index in [4.69, 9.17) is 18.4 Å². The fraction of sp³-hybridized carbons (Fsp3) is 1.00. The number of nitrogens with zero attached hydrogens (tertiary/aromatic N) is 1. The summed E-state index contributed by atoms with van der Waals surface area (Å²) in [6.07, 6.45) is 0.836. The largest absolute Gasteiger partial charge is 0.505 e. The summed E-state index contributed by atoms with van der Waals surface area (Å²) >= 11 is 0. The Morgan fingerprint density at radius 3 is 1.78 bits per heavy atom. The molecule has 18 heavy (non-hydrogen) atoms. The van der Waals surface area contributed by atoms with Crippen molar-refractivity contribution in [3.63, 3.8) is 0 Å². The van der Waals surface area contributed by atoms with Crippen LogP contribution in [0.4, 0.5) is 0 Å². The lowest BCUT2D eigenvalue weighted by molar-refractivity contribution is -0.923. The number of rotatable bonds is 11. The SMILES string of the molecule is CC[N+](CC)(CCCO)CC[Si](OC)(OC)OC. The molecule has 5 nitrogen and oxygen atoms in total. The van der Waals surface area contributed by atoms with Crippen molar-refractivity contribution in [1.29, 1.82) is 0 Å². The molecule has 0 fully saturated rings. The monoisotopic (exact) mass is 280 g/mol. The molecule has 0 spiro atoms. The van der Waals surface area contributed by atoms with Crippen LogP contribution in [-0.4, -0.2) is 72.5 Å². The first kappa shape index (κ1) is 18.0. The van der Waals surface area contributed by atoms with Crippen LogP contribution in [-0.2, 0) is 13.3 Å². The minimum atomic E-state index is -2.48. The van der Waals surface area contributed by atoms with Gasteiger partial charge >= 0.3 is 8.80 Å². The fourth-order valence-corrected chi connectivity index (χ4v) is 4.16. The Bertz CT molecular complexity index is 200. The third-order valence-electron chi connectivity index (χ3n) is 3.96. The van der Waals surface area contributed by atoms with Gasteiger partial charge in [0.2, 0.25) is 0 Å². The van der Waals surface area contributed by atoms with Gasteiger partial charge in [-0.15, -0.1) is 0 Å². The number of hydrogen-bond acceptors (Lipinski definition) is 4. The van der Waals surface area contributed by atoms with Crippen LogP contribution in [0.25, 0.3) is 0 Å². The summed E-state index contributed by atoms with van der Waals surface area (Å²) in [5.41, 5.74) is 0. The van der Waals surface area contributed by atoms with E-state index in [1.165, 1.54) is 0 Å². The molecule has 0 atom stereocenters. The van der Waals surface area contributed by atoms with Crippen LogP contribution in [0, 0.1) is 0 Å². The average molecular weight is 280 g/mol. The predicted molar refractivity (Wildman–Crippen MR) is 74.4 cm³/mol. The van der Waals surface area contributed by atoms with E-state index < -0.39 is 8.80 Å². The molecule has 0 amide bonds. The summed E-state index contributed by atoms with van der Waals surface area (Å²) in [4.78, 5) is 0. The fourth-order valence-electron chi connectivity index (χ4n) is 2.30. The van der Waals surface area contributed by atoms with Crippen LogP contribution in [0.3, 0.4) is 0 Å². The van der Waals surface area contributed by atoms with Crippen LogP contribution < -0.4 is 0 Å². The Labute approximate surface area is 113 Å². The lowest BCUT2D eigenvalue weighted by atomic mass is 10.3. The van der Waals surface area contributed by atoms with Gasteiger partial charge in [0.25, 0.3) is 0 Å². The minimum absolute atomic E-state index is 0.251. The molecule has 0 saturated heterocycles. The van der Waals surface area contributed by atoms with Crippen molar-refractivity contribution in [2.75, 3.05) is 54.1 Å². The van der Waals surface area contributed by atoms with Crippen LogP contribution in [0.5, 0.6) is 0 Å². The maximum Gasteiger partial charge on any atom is 0.505 e. The van der Waals surface area contributed by atoms with Crippen molar-refractivity contribution in [1.82, 2.24) is 0 Å². The molecule has 1 N–H and O–H groups in total. The molecule has 0 saturated carbocycles. The molecule has 0 aliphatic rings. The second-order valence-electron chi connectivity index (χ2n) is 4.54. The highest BCUT2D eigenvalue weighted by atomic mass is 28.4. The zero-order chi connectivity index (χ0) is 14.1. The summed E-state index contributed by atoms with van der Waals surface area (Å²) in [6, 6.07) is 0.809. The smallest absolute Gasteiger partial charge is 0.396 e. The minimum Gasteiger partial charge on any atom is -0.396 e. The zero-order valence-electron chi connectivity index (χ0n) is 12.6. The third kappa shape index (κ3) is 4.95. The van der Waals surface area contributed by atoms with Gasteiger partial charge in [0.1, 0.15) is 0 Å². The molecule has 0 aromatic carbocycles. The van der Waals surface area contributed by atoms with Gasteiger partial charge in [0, 0.05) is 34.4 Å². The topological polar surface area (TPSA) is 47.9 Å². The molecule has 110 valence electrons. The van der Waals surface area contributed by atoms with E-state index in [9.17, 15) is 0 Å². The van der Waals surface area contributed by atoms with Crippen LogP contribution in [0.15, 0.2) is 0 Å². The van der Waals surface area contributed by atoms with Gasteiger partial charge < -0.3 is 22.9 Å². The summed E-state index contributed by atoms with van der Waals surface area (Å²) in [7, 11) is 2.48. The molecular formula is C12H30NO4Si+. The first-order valence-electron chi connectivity index (χ1n) is 6.69. The van der Waals surface area contributed by atoms with Gasteiger partial charge in [0.05, 0.1) is 32.2 Å². The van der Waals surface area contributed by atoms with Crippen molar-refractivity contribution in [2.24, 2.45) is 0 Å². The molecular weight excluding hydrogens is 250 g/mol. The molecule has 0 rings (SSSR count). The Morgan fingerprint density at radius 2 is 1.44 bits per heavy atom. The van der Waals surface area contributed by atoms with Gasteiger partial charge in [0.15, 0.2) is 0 Å². The first-order valence-corrected chi connectivity index (χ1v) is 8.62. The van der Waals surface area contributed by atoms with Gasteiger partial charge in [-0.25, -0.2) is 0 Å². The molecule has 0 aromatic rings. The second-order valence-corrected chi connectivity index (χ2v) is 7.63. The normalized spacial score (nSPS) is 13.0. The Hall–Kier alpha value is 0.0169. The van der Waals surface area contributed by atoms with Crippen molar-refractivity contribution >= 4 is 8.80 Å². The predicted octanol–water partition coefficient (Wildman–Crippen LogP) is 1.10. The van der Waals surface area contributed by atoms with Crippen LogP contribution >= 0.6 is 0 Å². The highest BCUT2D eigenvalue weighted by Gasteiger charge is 2.40. The van der Waals surface area contributed by atoms with E-state index >= 15 is 0 Å². The van der Waals surface area contributed by atoms with Crippen molar-refractivity contribution in [3.05, 3.63) is 0 Å². The average Bonchev–Trinajstić information content (AvgIpc) is 2.44. The van der Waals surface area contributed by atoms with E-state index in [1.807, 2.05) is 0 Å². The van der Waals surface area contributed by atoms with Gasteiger partial charge in [-0.2, -0.15) is 0 Å². The number of quaternary nitrogens is 1. The highest BCUT2D eigenvalue weighted by molar-refractivity contribution is 6.60. The number of aliphatic hydroxyl groups excluding tert-OH is 1. The third-order valence-corrected chi connectivity index (χ3v) is 6.66. The quantitative estimate of drug-likeness (QED) is 0.455. The summed E-state index contributed by atoms with van der Waals surface area (Å²) in [5.74, 6) is 0. The summed E-state index contributed by atoms with van der Waals surface area (Å²) in [5, 5.41) is 9.01. The standard InChI is InChI=1S/C12H30NO4Si/c1-6-13(7-2,9-8-11-14)10-12-18(15-3,16-4)17-5/h14H,6-12H2,1-5H3/q+1. The maximum atomic E-state index is 9.01. The zero-order valence-corrected chi connectivity index (χ0v) is 13.6. The summed E-state index contributed by atoms with van der Waals surface area (Å²) < 4.78 is 17.4. The van der Waals surface area contributed by atoms with Crippen LogP contribution in [0.1, 0.15) is 20.3 Å². The van der Waals surface area contributed by atoms with Gasteiger partial charge in [-0.1, -0.05) is 0 Å². The summed E-state index contributed by atoms with van der Waals surface area (Å²) in [6.45, 7) is 8.70. The Kier molecular flexibility index (Phi) is 9.01. The van der Waals surface area contributed by atoms with E-state index in [0.717, 1.165) is 43.1 Å².